The Labute approximate surface area is 114 Å². The maximum atomic E-state index is 12.6. The average Bonchev–Trinajstić information content (AvgIpc) is 2.42. The first-order valence-electron chi connectivity index (χ1n) is 6.73. The van der Waals surface area contributed by atoms with Gasteiger partial charge in [-0.25, -0.2) is 0 Å². The Morgan fingerprint density at radius 1 is 1.32 bits per heavy atom. The van der Waals surface area contributed by atoms with Gasteiger partial charge in [-0.2, -0.15) is 0 Å². The highest BCUT2D eigenvalue weighted by molar-refractivity contribution is 6.12. The van der Waals surface area contributed by atoms with Crippen LogP contribution in [0.5, 0.6) is 0 Å². The summed E-state index contributed by atoms with van der Waals surface area (Å²) < 4.78 is 0. The molecule has 1 aliphatic carbocycles. The first-order chi connectivity index (χ1) is 8.97. The van der Waals surface area contributed by atoms with Gasteiger partial charge in [0, 0.05) is 11.0 Å². The van der Waals surface area contributed by atoms with E-state index in [1.807, 2.05) is 32.0 Å². The van der Waals surface area contributed by atoms with Gasteiger partial charge in [-0.05, 0) is 18.8 Å². The average molecular weight is 256 g/mol. The van der Waals surface area contributed by atoms with Gasteiger partial charge in [0.2, 0.25) is 0 Å². The molecule has 0 amide bonds. The molecule has 0 radical (unpaired) electrons. The van der Waals surface area contributed by atoms with Crippen LogP contribution in [-0.4, -0.2) is 11.6 Å². The number of hydrogen-bond donors (Lipinski definition) is 0. The van der Waals surface area contributed by atoms with Crippen LogP contribution < -0.4 is 0 Å². The van der Waals surface area contributed by atoms with Crippen LogP contribution in [0.15, 0.2) is 43.0 Å². The molecular formula is C17H20O2. The van der Waals surface area contributed by atoms with Crippen molar-refractivity contribution in [3.63, 3.8) is 0 Å². The summed E-state index contributed by atoms with van der Waals surface area (Å²) in [5.41, 5.74) is 0.208. The number of ketones is 2. The SMILES string of the molecule is C=C[C@@H]1CCC(C)(C)C(=O)[C@H]1C(=O)c1ccccc1. The maximum Gasteiger partial charge on any atom is 0.173 e. The molecule has 0 unspecified atom stereocenters. The molecule has 0 bridgehead atoms. The molecule has 19 heavy (non-hydrogen) atoms. The quantitative estimate of drug-likeness (QED) is 0.469. The molecule has 1 fully saturated rings. The molecule has 0 spiro atoms. The van der Waals surface area contributed by atoms with Gasteiger partial charge in [0.1, 0.15) is 5.78 Å². The van der Waals surface area contributed by atoms with Gasteiger partial charge in [-0.3, -0.25) is 9.59 Å². The minimum atomic E-state index is -0.566. The lowest BCUT2D eigenvalue weighted by Gasteiger charge is -2.37. The molecule has 1 aromatic rings. The van der Waals surface area contributed by atoms with Gasteiger partial charge in [0.25, 0.3) is 0 Å². The molecule has 0 heterocycles. The van der Waals surface area contributed by atoms with E-state index in [2.05, 4.69) is 6.58 Å². The van der Waals surface area contributed by atoms with Crippen LogP contribution in [0.3, 0.4) is 0 Å². The van der Waals surface area contributed by atoms with Crippen molar-refractivity contribution in [3.05, 3.63) is 48.6 Å². The Morgan fingerprint density at radius 3 is 2.53 bits per heavy atom. The number of rotatable bonds is 3. The van der Waals surface area contributed by atoms with Crippen LogP contribution in [-0.2, 0) is 4.79 Å². The summed E-state index contributed by atoms with van der Waals surface area (Å²) in [6, 6.07) is 9.08. The van der Waals surface area contributed by atoms with E-state index in [4.69, 9.17) is 0 Å². The number of carbonyl (C=O) groups is 2. The van der Waals surface area contributed by atoms with Crippen LogP contribution in [0.4, 0.5) is 0 Å². The molecular weight excluding hydrogens is 236 g/mol. The number of allylic oxidation sites excluding steroid dienone is 1. The van der Waals surface area contributed by atoms with Crippen molar-refractivity contribution in [1.29, 1.82) is 0 Å². The summed E-state index contributed by atoms with van der Waals surface area (Å²) in [4.78, 5) is 25.2. The first kappa shape index (κ1) is 13.7. The summed E-state index contributed by atoms with van der Waals surface area (Å²) in [5, 5.41) is 0. The van der Waals surface area contributed by atoms with Gasteiger partial charge in [0.05, 0.1) is 5.92 Å². The fourth-order valence-electron chi connectivity index (χ4n) is 2.78. The fraction of sp³-hybridized carbons (Fsp3) is 0.412. The van der Waals surface area contributed by atoms with Crippen LogP contribution >= 0.6 is 0 Å². The standard InChI is InChI=1S/C17H20O2/c1-4-12-10-11-17(2,3)16(19)14(12)15(18)13-8-6-5-7-9-13/h4-9,12,14H,1,10-11H2,2-3H3/t12-,14-/m1/s1. The molecule has 0 N–H and O–H groups in total. The number of Topliss-reactive ketones (excluding diaryl/α,β-unsaturated/α-hetero) is 2. The second kappa shape index (κ2) is 5.12. The number of benzene rings is 1. The molecule has 2 nitrogen and oxygen atoms in total. The van der Waals surface area contributed by atoms with Gasteiger partial charge < -0.3 is 0 Å². The number of carbonyl (C=O) groups excluding carboxylic acids is 2. The molecule has 1 aliphatic rings. The normalized spacial score (nSPS) is 25.9. The Morgan fingerprint density at radius 2 is 1.95 bits per heavy atom. The maximum absolute atomic E-state index is 12.6. The van der Waals surface area contributed by atoms with Crippen molar-refractivity contribution >= 4 is 11.6 Å². The zero-order valence-corrected chi connectivity index (χ0v) is 11.6. The molecule has 0 aromatic heterocycles. The van der Waals surface area contributed by atoms with Gasteiger partial charge >= 0.3 is 0 Å². The van der Waals surface area contributed by atoms with Crippen LogP contribution in [0.25, 0.3) is 0 Å². The second-order valence-corrected chi connectivity index (χ2v) is 5.89. The van der Waals surface area contributed by atoms with Crippen molar-refractivity contribution in [1.82, 2.24) is 0 Å². The molecule has 100 valence electrons. The van der Waals surface area contributed by atoms with Gasteiger partial charge in [-0.1, -0.05) is 50.3 Å². The van der Waals surface area contributed by atoms with E-state index in [0.717, 1.165) is 12.8 Å². The molecule has 2 heteroatoms. The van der Waals surface area contributed by atoms with E-state index in [1.165, 1.54) is 0 Å². The summed E-state index contributed by atoms with van der Waals surface area (Å²) in [5.74, 6) is -0.613. The Bertz CT molecular complexity index is 499. The highest BCUT2D eigenvalue weighted by atomic mass is 16.2. The van der Waals surface area contributed by atoms with Crippen molar-refractivity contribution in [2.24, 2.45) is 17.3 Å². The molecule has 2 rings (SSSR count). The predicted molar refractivity (Wildman–Crippen MR) is 76.0 cm³/mol. The van der Waals surface area contributed by atoms with Crippen LogP contribution in [0.2, 0.25) is 0 Å². The van der Waals surface area contributed by atoms with E-state index < -0.39 is 11.3 Å². The smallest absolute Gasteiger partial charge is 0.173 e. The topological polar surface area (TPSA) is 34.1 Å². The van der Waals surface area contributed by atoms with Gasteiger partial charge in [0.15, 0.2) is 5.78 Å². The molecule has 0 saturated heterocycles. The van der Waals surface area contributed by atoms with Crippen molar-refractivity contribution in [2.75, 3.05) is 0 Å². The predicted octanol–water partition coefficient (Wildman–Crippen LogP) is 3.68. The van der Waals surface area contributed by atoms with E-state index in [0.29, 0.717) is 5.56 Å². The minimum absolute atomic E-state index is 0.0340. The van der Waals surface area contributed by atoms with E-state index in [9.17, 15) is 9.59 Å². The summed E-state index contributed by atoms with van der Waals surface area (Å²) in [6.45, 7) is 7.65. The zero-order valence-electron chi connectivity index (χ0n) is 11.6. The third-order valence-electron chi connectivity index (χ3n) is 4.12. The Balaban J connectivity index is 2.36. The lowest BCUT2D eigenvalue weighted by atomic mass is 9.64. The summed E-state index contributed by atoms with van der Waals surface area (Å²) >= 11 is 0. The fourth-order valence-corrected chi connectivity index (χ4v) is 2.78. The van der Waals surface area contributed by atoms with Crippen LogP contribution in [0, 0.1) is 17.3 Å². The highest BCUT2D eigenvalue weighted by Crippen LogP contribution is 2.40. The van der Waals surface area contributed by atoms with Crippen molar-refractivity contribution in [2.45, 2.75) is 26.7 Å². The van der Waals surface area contributed by atoms with Gasteiger partial charge in [-0.15, -0.1) is 6.58 Å². The Kier molecular flexibility index (Phi) is 3.70. The molecule has 1 saturated carbocycles. The van der Waals surface area contributed by atoms with Crippen molar-refractivity contribution in [3.8, 4) is 0 Å². The molecule has 0 aliphatic heterocycles. The minimum Gasteiger partial charge on any atom is -0.298 e. The van der Waals surface area contributed by atoms with Crippen LogP contribution in [0.1, 0.15) is 37.0 Å². The van der Waals surface area contributed by atoms with Crippen molar-refractivity contribution < 1.29 is 9.59 Å². The summed E-state index contributed by atoms with van der Waals surface area (Å²) in [7, 11) is 0. The third kappa shape index (κ3) is 2.53. The van der Waals surface area contributed by atoms with E-state index in [-0.39, 0.29) is 17.5 Å². The van der Waals surface area contributed by atoms with E-state index in [1.54, 1.807) is 18.2 Å². The second-order valence-electron chi connectivity index (χ2n) is 5.89. The Hall–Kier alpha value is -1.70. The first-order valence-corrected chi connectivity index (χ1v) is 6.73. The monoisotopic (exact) mass is 256 g/mol. The third-order valence-corrected chi connectivity index (χ3v) is 4.12. The van der Waals surface area contributed by atoms with E-state index >= 15 is 0 Å². The molecule has 2 atom stereocenters. The lowest BCUT2D eigenvalue weighted by Crippen LogP contribution is -2.43. The lowest BCUT2D eigenvalue weighted by molar-refractivity contribution is -0.133. The largest absolute Gasteiger partial charge is 0.298 e. The highest BCUT2D eigenvalue weighted by Gasteiger charge is 2.45. The zero-order chi connectivity index (χ0) is 14.0. The summed E-state index contributed by atoms with van der Waals surface area (Å²) in [6.07, 6.45) is 3.44. The molecule has 1 aromatic carbocycles. The number of hydrogen-bond acceptors (Lipinski definition) is 2.